The molecule has 1 heterocycles. The minimum Gasteiger partial charge on any atom is -0.356 e. The third-order valence-corrected chi connectivity index (χ3v) is 4.04. The molecule has 0 aromatic rings. The number of guanidine groups is 1. The van der Waals surface area contributed by atoms with Gasteiger partial charge < -0.3 is 15.1 Å². The van der Waals surface area contributed by atoms with E-state index in [4.69, 9.17) is 0 Å². The van der Waals surface area contributed by atoms with Gasteiger partial charge in [0.15, 0.2) is 5.96 Å². The lowest BCUT2D eigenvalue weighted by Gasteiger charge is -2.24. The van der Waals surface area contributed by atoms with Crippen molar-refractivity contribution < 1.29 is 0 Å². The van der Waals surface area contributed by atoms with Crippen LogP contribution in [0.25, 0.3) is 0 Å². The standard InChI is InChI=1S/C16H32N4.HI/c1-5-8-9-11-18-16(17-4)20-12-10-15(14-20)13-19(6-2)7-3;/h5,8,15H,6-7,9-14H2,1-4H3,(H,17,18);1H/b8-5+;. The van der Waals surface area contributed by atoms with Gasteiger partial charge in [-0.25, -0.2) is 0 Å². The number of halogens is 1. The predicted octanol–water partition coefficient (Wildman–Crippen LogP) is 2.81. The monoisotopic (exact) mass is 408 g/mol. The van der Waals surface area contributed by atoms with E-state index in [1.807, 2.05) is 7.05 Å². The van der Waals surface area contributed by atoms with Crippen molar-refractivity contribution in [2.45, 2.75) is 33.6 Å². The summed E-state index contributed by atoms with van der Waals surface area (Å²) in [5, 5.41) is 3.46. The fraction of sp³-hybridized carbons (Fsp3) is 0.812. The summed E-state index contributed by atoms with van der Waals surface area (Å²) in [6.45, 7) is 13.3. The van der Waals surface area contributed by atoms with Gasteiger partial charge in [-0.2, -0.15) is 0 Å². The van der Waals surface area contributed by atoms with Crippen molar-refractivity contribution in [1.82, 2.24) is 15.1 Å². The van der Waals surface area contributed by atoms with Crippen LogP contribution >= 0.6 is 24.0 Å². The average molecular weight is 408 g/mol. The lowest BCUT2D eigenvalue weighted by atomic mass is 10.1. The van der Waals surface area contributed by atoms with E-state index in [9.17, 15) is 0 Å². The fourth-order valence-electron chi connectivity index (χ4n) is 2.79. The number of aliphatic imine (C=N–C) groups is 1. The molecule has 1 atom stereocenters. The SMILES string of the molecule is C/C=C/CCNC(=NC)N1CCC(CN(CC)CC)C1.I. The molecule has 0 radical (unpaired) electrons. The summed E-state index contributed by atoms with van der Waals surface area (Å²) in [4.78, 5) is 9.35. The lowest BCUT2D eigenvalue weighted by molar-refractivity contribution is 0.255. The molecule has 1 N–H and O–H groups in total. The van der Waals surface area contributed by atoms with Crippen LogP contribution in [0.4, 0.5) is 0 Å². The highest BCUT2D eigenvalue weighted by Crippen LogP contribution is 2.17. The zero-order valence-electron chi connectivity index (χ0n) is 14.1. The van der Waals surface area contributed by atoms with Gasteiger partial charge >= 0.3 is 0 Å². The van der Waals surface area contributed by atoms with Gasteiger partial charge in [0.05, 0.1) is 0 Å². The molecule has 1 aliphatic heterocycles. The summed E-state index contributed by atoms with van der Waals surface area (Å²) >= 11 is 0. The van der Waals surface area contributed by atoms with E-state index in [1.165, 1.54) is 13.0 Å². The van der Waals surface area contributed by atoms with Crippen LogP contribution in [0.1, 0.15) is 33.6 Å². The molecule has 21 heavy (non-hydrogen) atoms. The van der Waals surface area contributed by atoms with Crippen LogP contribution in [0.2, 0.25) is 0 Å². The molecule has 1 unspecified atom stereocenters. The van der Waals surface area contributed by atoms with Crippen molar-refractivity contribution in [3.05, 3.63) is 12.2 Å². The topological polar surface area (TPSA) is 30.9 Å². The molecular weight excluding hydrogens is 375 g/mol. The summed E-state index contributed by atoms with van der Waals surface area (Å²) < 4.78 is 0. The van der Waals surface area contributed by atoms with E-state index in [1.54, 1.807) is 0 Å². The first-order valence-corrected chi connectivity index (χ1v) is 8.04. The maximum Gasteiger partial charge on any atom is 0.193 e. The van der Waals surface area contributed by atoms with Crippen LogP contribution in [-0.2, 0) is 0 Å². The maximum atomic E-state index is 4.42. The highest BCUT2D eigenvalue weighted by molar-refractivity contribution is 14.0. The number of nitrogens with zero attached hydrogens (tertiary/aromatic N) is 3. The molecule has 4 nitrogen and oxygen atoms in total. The van der Waals surface area contributed by atoms with Gasteiger partial charge in [-0.1, -0.05) is 26.0 Å². The molecule has 0 aromatic heterocycles. The Balaban J connectivity index is 0.00000400. The second-order valence-corrected chi connectivity index (χ2v) is 5.42. The van der Waals surface area contributed by atoms with Crippen molar-refractivity contribution in [2.75, 3.05) is 46.3 Å². The molecule has 0 spiro atoms. The van der Waals surface area contributed by atoms with Crippen LogP contribution in [-0.4, -0.2) is 62.1 Å². The Labute approximate surface area is 148 Å². The van der Waals surface area contributed by atoms with Crippen LogP contribution in [0, 0.1) is 5.92 Å². The molecule has 1 rings (SSSR count). The molecule has 124 valence electrons. The summed E-state index contributed by atoms with van der Waals surface area (Å²) in [7, 11) is 1.88. The normalized spacial score (nSPS) is 19.4. The predicted molar refractivity (Wildman–Crippen MR) is 104 cm³/mol. The average Bonchev–Trinajstić information content (AvgIpc) is 2.93. The van der Waals surface area contributed by atoms with Crippen molar-refractivity contribution in [3.8, 4) is 0 Å². The van der Waals surface area contributed by atoms with Crippen LogP contribution in [0.5, 0.6) is 0 Å². The summed E-state index contributed by atoms with van der Waals surface area (Å²) in [6.07, 6.45) is 6.63. The van der Waals surface area contributed by atoms with Gasteiger partial charge in [0.2, 0.25) is 0 Å². The summed E-state index contributed by atoms with van der Waals surface area (Å²) in [5.41, 5.74) is 0. The number of hydrogen-bond acceptors (Lipinski definition) is 2. The first-order valence-electron chi connectivity index (χ1n) is 8.04. The third kappa shape index (κ3) is 7.49. The Hall–Kier alpha value is -0.300. The fourth-order valence-corrected chi connectivity index (χ4v) is 2.79. The van der Waals surface area contributed by atoms with Crippen molar-refractivity contribution >= 4 is 29.9 Å². The highest BCUT2D eigenvalue weighted by Gasteiger charge is 2.25. The Morgan fingerprint density at radius 3 is 2.67 bits per heavy atom. The molecule has 1 aliphatic rings. The minimum atomic E-state index is 0. The van der Waals surface area contributed by atoms with E-state index >= 15 is 0 Å². The molecule has 0 bridgehead atoms. The van der Waals surface area contributed by atoms with Gasteiger partial charge in [-0.3, -0.25) is 4.99 Å². The zero-order chi connectivity index (χ0) is 14.8. The molecular formula is C16H33IN4. The van der Waals surface area contributed by atoms with E-state index in [0.29, 0.717) is 0 Å². The van der Waals surface area contributed by atoms with Crippen LogP contribution in [0.3, 0.4) is 0 Å². The number of rotatable bonds is 7. The number of allylic oxidation sites excluding steroid dienone is 1. The van der Waals surface area contributed by atoms with Crippen molar-refractivity contribution in [2.24, 2.45) is 10.9 Å². The van der Waals surface area contributed by atoms with E-state index < -0.39 is 0 Å². The first-order chi connectivity index (χ1) is 9.74. The van der Waals surface area contributed by atoms with Crippen LogP contribution in [0.15, 0.2) is 17.1 Å². The molecule has 0 aliphatic carbocycles. The van der Waals surface area contributed by atoms with Crippen LogP contribution < -0.4 is 5.32 Å². The first kappa shape index (κ1) is 20.7. The second kappa shape index (κ2) is 12.3. The van der Waals surface area contributed by atoms with E-state index in [0.717, 1.165) is 51.0 Å². The number of likely N-dealkylation sites (tertiary alicyclic amines) is 1. The molecule has 5 heteroatoms. The Kier molecular flexibility index (Phi) is 12.1. The Bertz CT molecular complexity index is 313. The second-order valence-electron chi connectivity index (χ2n) is 5.42. The number of nitrogens with one attached hydrogen (secondary N) is 1. The molecule has 1 fully saturated rings. The third-order valence-electron chi connectivity index (χ3n) is 4.04. The lowest BCUT2D eigenvalue weighted by Crippen LogP contribution is -2.41. The maximum absolute atomic E-state index is 4.42. The zero-order valence-corrected chi connectivity index (χ0v) is 16.5. The van der Waals surface area contributed by atoms with Gasteiger partial charge in [0.1, 0.15) is 0 Å². The van der Waals surface area contributed by atoms with E-state index in [-0.39, 0.29) is 24.0 Å². The van der Waals surface area contributed by atoms with Gasteiger partial charge in [0.25, 0.3) is 0 Å². The van der Waals surface area contributed by atoms with Gasteiger partial charge in [-0.05, 0) is 38.8 Å². The highest BCUT2D eigenvalue weighted by atomic mass is 127. The van der Waals surface area contributed by atoms with E-state index in [2.05, 4.69) is 53.0 Å². The summed E-state index contributed by atoms with van der Waals surface area (Å²) in [5.74, 6) is 1.85. The molecule has 0 amide bonds. The molecule has 0 aromatic carbocycles. The quantitative estimate of drug-likeness (QED) is 0.231. The van der Waals surface area contributed by atoms with Gasteiger partial charge in [-0.15, -0.1) is 24.0 Å². The Morgan fingerprint density at radius 1 is 1.38 bits per heavy atom. The largest absolute Gasteiger partial charge is 0.356 e. The molecule has 0 saturated carbocycles. The Morgan fingerprint density at radius 2 is 2.10 bits per heavy atom. The minimum absolute atomic E-state index is 0. The van der Waals surface area contributed by atoms with Crippen molar-refractivity contribution in [1.29, 1.82) is 0 Å². The molecule has 1 saturated heterocycles. The smallest absolute Gasteiger partial charge is 0.193 e. The summed E-state index contributed by atoms with van der Waals surface area (Å²) in [6, 6.07) is 0. The number of hydrogen-bond donors (Lipinski definition) is 1. The van der Waals surface area contributed by atoms with Crippen molar-refractivity contribution in [3.63, 3.8) is 0 Å². The van der Waals surface area contributed by atoms with Gasteiger partial charge in [0, 0.05) is 33.2 Å².